The third-order valence-corrected chi connectivity index (χ3v) is 2.77. The number of aliphatic hydroxyl groups excluding tert-OH is 1. The SMILES string of the molecule is OC(CNc1c(F)cccc1F)c1c(F)cccc1F. The number of hydrogen-bond acceptors (Lipinski definition) is 2. The monoisotopic (exact) mass is 285 g/mol. The summed E-state index contributed by atoms with van der Waals surface area (Å²) in [6, 6.07) is 6.38. The molecule has 0 aliphatic carbocycles. The second-order valence-corrected chi connectivity index (χ2v) is 4.13. The van der Waals surface area contributed by atoms with Crippen LogP contribution in [0.3, 0.4) is 0 Å². The van der Waals surface area contributed by atoms with Crippen LogP contribution in [0, 0.1) is 23.3 Å². The van der Waals surface area contributed by atoms with E-state index in [0.717, 1.165) is 30.3 Å². The first-order valence-electron chi connectivity index (χ1n) is 5.80. The fourth-order valence-electron chi connectivity index (χ4n) is 1.80. The molecule has 0 bridgehead atoms. The van der Waals surface area contributed by atoms with Crippen LogP contribution in [0.25, 0.3) is 0 Å². The third-order valence-electron chi connectivity index (χ3n) is 2.77. The predicted molar refractivity (Wildman–Crippen MR) is 66.2 cm³/mol. The van der Waals surface area contributed by atoms with Crippen LogP contribution in [0.15, 0.2) is 36.4 Å². The van der Waals surface area contributed by atoms with Crippen molar-refractivity contribution in [3.63, 3.8) is 0 Å². The van der Waals surface area contributed by atoms with Gasteiger partial charge in [0.25, 0.3) is 0 Å². The molecule has 0 radical (unpaired) electrons. The highest BCUT2D eigenvalue weighted by molar-refractivity contribution is 5.46. The molecule has 1 unspecified atom stereocenters. The minimum atomic E-state index is -1.57. The minimum absolute atomic E-state index is 0.435. The van der Waals surface area contributed by atoms with E-state index in [-0.39, 0.29) is 0 Å². The van der Waals surface area contributed by atoms with Gasteiger partial charge >= 0.3 is 0 Å². The maximum Gasteiger partial charge on any atom is 0.149 e. The lowest BCUT2D eigenvalue weighted by Crippen LogP contribution is -2.16. The van der Waals surface area contributed by atoms with Crippen molar-refractivity contribution in [1.82, 2.24) is 0 Å². The Hall–Kier alpha value is -2.08. The molecular weight excluding hydrogens is 274 g/mol. The number of aliphatic hydroxyl groups is 1. The molecule has 0 aliphatic heterocycles. The number of rotatable bonds is 4. The summed E-state index contributed by atoms with van der Waals surface area (Å²) in [6.45, 7) is -0.435. The third kappa shape index (κ3) is 2.91. The molecule has 0 aromatic heterocycles. The van der Waals surface area contributed by atoms with Crippen molar-refractivity contribution in [3.8, 4) is 0 Å². The highest BCUT2D eigenvalue weighted by Gasteiger charge is 2.18. The summed E-state index contributed by atoms with van der Waals surface area (Å²) in [5.41, 5.74) is -1.000. The Labute approximate surface area is 112 Å². The molecule has 2 aromatic carbocycles. The van der Waals surface area contributed by atoms with Gasteiger partial charge < -0.3 is 10.4 Å². The molecule has 2 rings (SSSR count). The molecular formula is C14H11F4NO. The van der Waals surface area contributed by atoms with E-state index in [1.807, 2.05) is 0 Å². The molecule has 0 saturated heterocycles. The van der Waals surface area contributed by atoms with E-state index in [4.69, 9.17) is 0 Å². The van der Waals surface area contributed by atoms with Crippen molar-refractivity contribution in [2.75, 3.05) is 11.9 Å². The molecule has 0 fully saturated rings. The van der Waals surface area contributed by atoms with Gasteiger partial charge in [0.15, 0.2) is 0 Å². The molecule has 0 aliphatic rings. The zero-order chi connectivity index (χ0) is 14.7. The number of nitrogens with one attached hydrogen (secondary N) is 1. The number of anilines is 1. The van der Waals surface area contributed by atoms with Crippen molar-refractivity contribution >= 4 is 5.69 Å². The van der Waals surface area contributed by atoms with Gasteiger partial charge in [-0.05, 0) is 24.3 Å². The van der Waals surface area contributed by atoms with E-state index >= 15 is 0 Å². The summed E-state index contributed by atoms with van der Waals surface area (Å²) in [5.74, 6) is -3.56. The van der Waals surface area contributed by atoms with Gasteiger partial charge in [0.2, 0.25) is 0 Å². The average molecular weight is 285 g/mol. The van der Waals surface area contributed by atoms with Gasteiger partial charge in [-0.2, -0.15) is 0 Å². The van der Waals surface area contributed by atoms with Crippen LogP contribution in [0.1, 0.15) is 11.7 Å². The molecule has 2 nitrogen and oxygen atoms in total. The molecule has 0 spiro atoms. The van der Waals surface area contributed by atoms with Crippen LogP contribution >= 0.6 is 0 Å². The standard InChI is InChI=1S/C14H11F4NO/c15-8-3-1-4-9(16)13(8)12(20)7-19-14-10(17)5-2-6-11(14)18/h1-6,12,19-20H,7H2. The number of halogens is 4. The van der Waals surface area contributed by atoms with Crippen LogP contribution in [-0.2, 0) is 0 Å². The van der Waals surface area contributed by atoms with Crippen molar-refractivity contribution in [1.29, 1.82) is 0 Å². The van der Waals surface area contributed by atoms with Gasteiger partial charge in [0.1, 0.15) is 35.1 Å². The second kappa shape index (κ2) is 5.92. The molecule has 20 heavy (non-hydrogen) atoms. The summed E-state index contributed by atoms with van der Waals surface area (Å²) >= 11 is 0. The Morgan fingerprint density at radius 1 is 0.850 bits per heavy atom. The molecule has 6 heteroatoms. The molecule has 2 N–H and O–H groups in total. The van der Waals surface area contributed by atoms with Gasteiger partial charge in [-0.3, -0.25) is 0 Å². The van der Waals surface area contributed by atoms with Crippen molar-refractivity contribution < 1.29 is 22.7 Å². The Bertz CT molecular complexity index is 578. The summed E-state index contributed by atoms with van der Waals surface area (Å²) in [7, 11) is 0. The lowest BCUT2D eigenvalue weighted by atomic mass is 10.1. The number of benzene rings is 2. The first-order chi connectivity index (χ1) is 9.50. The largest absolute Gasteiger partial charge is 0.386 e. The van der Waals surface area contributed by atoms with Crippen LogP contribution in [-0.4, -0.2) is 11.7 Å². The first kappa shape index (κ1) is 14.3. The van der Waals surface area contributed by atoms with Gasteiger partial charge in [-0.1, -0.05) is 12.1 Å². The van der Waals surface area contributed by atoms with Gasteiger partial charge in [-0.25, -0.2) is 17.6 Å². The quantitative estimate of drug-likeness (QED) is 0.844. The predicted octanol–water partition coefficient (Wildman–Crippen LogP) is 3.39. The molecule has 0 amide bonds. The summed E-state index contributed by atoms with van der Waals surface area (Å²) < 4.78 is 53.5. The van der Waals surface area contributed by atoms with Gasteiger partial charge in [0, 0.05) is 6.54 Å². The Morgan fingerprint density at radius 2 is 1.30 bits per heavy atom. The maximum absolute atomic E-state index is 13.4. The van der Waals surface area contributed by atoms with Crippen molar-refractivity contribution in [2.24, 2.45) is 0 Å². The van der Waals surface area contributed by atoms with E-state index in [1.165, 1.54) is 6.07 Å². The molecule has 1 atom stereocenters. The highest BCUT2D eigenvalue weighted by Crippen LogP contribution is 2.23. The summed E-state index contributed by atoms with van der Waals surface area (Å²) in [6.07, 6.45) is -1.57. The molecule has 106 valence electrons. The molecule has 2 aromatic rings. The number of para-hydroxylation sites is 1. The fraction of sp³-hybridized carbons (Fsp3) is 0.143. The van der Waals surface area contributed by atoms with E-state index in [2.05, 4.69) is 5.32 Å². The Morgan fingerprint density at radius 3 is 1.80 bits per heavy atom. The Kier molecular flexibility index (Phi) is 4.24. The van der Waals surface area contributed by atoms with E-state index in [0.29, 0.717) is 0 Å². The van der Waals surface area contributed by atoms with Crippen molar-refractivity contribution in [2.45, 2.75) is 6.10 Å². The smallest absolute Gasteiger partial charge is 0.149 e. The fourth-order valence-corrected chi connectivity index (χ4v) is 1.80. The summed E-state index contributed by atoms with van der Waals surface area (Å²) in [4.78, 5) is 0. The zero-order valence-electron chi connectivity index (χ0n) is 10.2. The van der Waals surface area contributed by atoms with Gasteiger partial charge in [0.05, 0.1) is 5.56 Å². The minimum Gasteiger partial charge on any atom is -0.386 e. The van der Waals surface area contributed by atoms with Crippen LogP contribution in [0.2, 0.25) is 0 Å². The summed E-state index contributed by atoms with van der Waals surface area (Å²) in [5, 5.41) is 12.0. The lowest BCUT2D eigenvalue weighted by Gasteiger charge is -2.15. The maximum atomic E-state index is 13.4. The van der Waals surface area contributed by atoms with E-state index < -0.39 is 47.2 Å². The topological polar surface area (TPSA) is 32.3 Å². The van der Waals surface area contributed by atoms with E-state index in [1.54, 1.807) is 0 Å². The highest BCUT2D eigenvalue weighted by atomic mass is 19.1. The number of hydrogen-bond donors (Lipinski definition) is 2. The Balaban J connectivity index is 2.15. The molecule has 0 saturated carbocycles. The zero-order valence-corrected chi connectivity index (χ0v) is 10.2. The van der Waals surface area contributed by atoms with Crippen LogP contribution in [0.5, 0.6) is 0 Å². The normalized spacial score (nSPS) is 12.2. The second-order valence-electron chi connectivity index (χ2n) is 4.13. The average Bonchev–Trinajstić information content (AvgIpc) is 2.38. The van der Waals surface area contributed by atoms with E-state index in [9.17, 15) is 22.7 Å². The first-order valence-corrected chi connectivity index (χ1v) is 5.80. The van der Waals surface area contributed by atoms with Crippen LogP contribution in [0.4, 0.5) is 23.2 Å². The van der Waals surface area contributed by atoms with Crippen molar-refractivity contribution in [3.05, 3.63) is 65.2 Å². The van der Waals surface area contributed by atoms with Gasteiger partial charge in [-0.15, -0.1) is 0 Å². The lowest BCUT2D eigenvalue weighted by molar-refractivity contribution is 0.181. The molecule has 0 heterocycles. The van der Waals surface area contributed by atoms with Crippen LogP contribution < -0.4 is 5.32 Å².